The van der Waals surface area contributed by atoms with Crippen LogP contribution in [0.2, 0.25) is 0 Å². The van der Waals surface area contributed by atoms with Crippen LogP contribution in [0.5, 0.6) is 5.88 Å². The Morgan fingerprint density at radius 3 is 2.86 bits per heavy atom. The van der Waals surface area contributed by atoms with Gasteiger partial charge in [0, 0.05) is 17.6 Å². The molecule has 2 N–H and O–H groups in total. The molecule has 0 fully saturated rings. The summed E-state index contributed by atoms with van der Waals surface area (Å²) in [5.74, 6) is 0.523. The fraction of sp³-hybridized carbons (Fsp3) is 0.188. The van der Waals surface area contributed by atoms with Crippen LogP contribution in [0.15, 0.2) is 48.9 Å². The van der Waals surface area contributed by atoms with E-state index in [-0.39, 0.29) is 6.04 Å². The molecule has 0 aliphatic rings. The number of aromatic nitrogens is 3. The highest BCUT2D eigenvalue weighted by molar-refractivity contribution is 5.81. The van der Waals surface area contributed by atoms with E-state index < -0.39 is 0 Å². The first-order valence-electron chi connectivity index (χ1n) is 6.72. The summed E-state index contributed by atoms with van der Waals surface area (Å²) in [6, 6.07) is 11.6. The third kappa shape index (κ3) is 2.83. The van der Waals surface area contributed by atoms with E-state index in [1.807, 2.05) is 30.5 Å². The Bertz CT molecular complexity index is 755. The largest absolute Gasteiger partial charge is 0.481 e. The lowest BCUT2D eigenvalue weighted by Crippen LogP contribution is -2.15. The smallest absolute Gasteiger partial charge is 0.216 e. The monoisotopic (exact) mass is 280 g/mol. The van der Waals surface area contributed by atoms with Crippen molar-refractivity contribution in [3.8, 4) is 5.88 Å². The quantitative estimate of drug-likeness (QED) is 0.793. The number of hydrogen-bond acceptors (Lipinski definition) is 5. The number of nitrogens with two attached hydrogens (primary N) is 1. The van der Waals surface area contributed by atoms with Crippen molar-refractivity contribution in [2.45, 2.75) is 12.5 Å². The first-order valence-corrected chi connectivity index (χ1v) is 6.72. The van der Waals surface area contributed by atoms with Crippen LogP contribution in [0.4, 0.5) is 0 Å². The number of hydrogen-bond donors (Lipinski definition) is 1. The number of pyridine rings is 1. The number of ether oxygens (including phenoxy) is 1. The zero-order valence-corrected chi connectivity index (χ0v) is 11.7. The number of fused-ring (bicyclic) bond motifs is 1. The third-order valence-electron chi connectivity index (χ3n) is 3.43. The molecule has 0 spiro atoms. The topological polar surface area (TPSA) is 73.9 Å². The molecule has 0 aliphatic carbocycles. The van der Waals surface area contributed by atoms with Gasteiger partial charge in [-0.2, -0.15) is 0 Å². The van der Waals surface area contributed by atoms with Gasteiger partial charge in [0.05, 0.1) is 24.4 Å². The molecule has 3 rings (SSSR count). The first-order chi connectivity index (χ1) is 10.3. The maximum absolute atomic E-state index is 6.28. The number of benzene rings is 1. The normalized spacial score (nSPS) is 12.3. The summed E-state index contributed by atoms with van der Waals surface area (Å²) in [5.41, 5.74) is 9.17. The standard InChI is InChI=1S/C16H16N4O/c1-21-16-9-15(19-10-20-16)13(17)8-11-6-7-18-14-5-3-2-4-12(11)14/h2-7,9-10,13H,8,17H2,1H3. The summed E-state index contributed by atoms with van der Waals surface area (Å²) in [5, 5.41) is 1.12. The molecular formula is C16H16N4O. The van der Waals surface area contributed by atoms with E-state index in [1.165, 1.54) is 6.33 Å². The van der Waals surface area contributed by atoms with Crippen molar-refractivity contribution in [1.82, 2.24) is 15.0 Å². The molecule has 0 bridgehead atoms. The van der Waals surface area contributed by atoms with Crippen LogP contribution >= 0.6 is 0 Å². The molecule has 2 aromatic heterocycles. The molecule has 106 valence electrons. The average Bonchev–Trinajstić information content (AvgIpc) is 2.55. The summed E-state index contributed by atoms with van der Waals surface area (Å²) >= 11 is 0. The molecule has 1 atom stereocenters. The van der Waals surface area contributed by atoms with Crippen molar-refractivity contribution in [2.75, 3.05) is 7.11 Å². The fourth-order valence-electron chi connectivity index (χ4n) is 2.34. The molecule has 5 heteroatoms. The first kappa shape index (κ1) is 13.5. The summed E-state index contributed by atoms with van der Waals surface area (Å²) in [6.45, 7) is 0. The molecule has 3 aromatic rings. The van der Waals surface area contributed by atoms with Crippen molar-refractivity contribution >= 4 is 10.9 Å². The highest BCUT2D eigenvalue weighted by Crippen LogP contribution is 2.22. The number of rotatable bonds is 4. The second-order valence-corrected chi connectivity index (χ2v) is 4.78. The van der Waals surface area contributed by atoms with Crippen LogP contribution in [-0.4, -0.2) is 22.1 Å². The molecule has 5 nitrogen and oxygen atoms in total. The highest BCUT2D eigenvalue weighted by Gasteiger charge is 2.12. The van der Waals surface area contributed by atoms with Gasteiger partial charge in [0.2, 0.25) is 5.88 Å². The number of para-hydroxylation sites is 1. The SMILES string of the molecule is COc1cc(C(N)Cc2ccnc3ccccc23)ncn1. The molecule has 21 heavy (non-hydrogen) atoms. The Labute approximate surface area is 122 Å². The Balaban J connectivity index is 1.90. The van der Waals surface area contributed by atoms with E-state index in [9.17, 15) is 0 Å². The minimum atomic E-state index is -0.215. The predicted molar refractivity (Wildman–Crippen MR) is 81.0 cm³/mol. The molecular weight excluding hydrogens is 264 g/mol. The van der Waals surface area contributed by atoms with Crippen LogP contribution < -0.4 is 10.5 Å². The molecule has 1 aromatic carbocycles. The number of methoxy groups -OCH3 is 1. The van der Waals surface area contributed by atoms with E-state index in [2.05, 4.69) is 21.0 Å². The Kier molecular flexibility index (Phi) is 3.75. The molecule has 0 aliphatic heterocycles. The Hall–Kier alpha value is -2.53. The lowest BCUT2D eigenvalue weighted by molar-refractivity contribution is 0.395. The fourth-order valence-corrected chi connectivity index (χ4v) is 2.34. The van der Waals surface area contributed by atoms with E-state index in [0.29, 0.717) is 12.3 Å². The van der Waals surface area contributed by atoms with Gasteiger partial charge in [-0.15, -0.1) is 0 Å². The number of nitrogens with zero attached hydrogens (tertiary/aromatic N) is 3. The average molecular weight is 280 g/mol. The van der Waals surface area contributed by atoms with Crippen LogP contribution in [0.1, 0.15) is 17.3 Å². The van der Waals surface area contributed by atoms with Gasteiger partial charge in [-0.25, -0.2) is 9.97 Å². The Morgan fingerprint density at radius 2 is 2.00 bits per heavy atom. The summed E-state index contributed by atoms with van der Waals surface area (Å²) in [6.07, 6.45) is 3.97. The second-order valence-electron chi connectivity index (χ2n) is 4.78. The van der Waals surface area contributed by atoms with Crippen molar-refractivity contribution in [2.24, 2.45) is 5.73 Å². The van der Waals surface area contributed by atoms with Gasteiger partial charge in [-0.05, 0) is 24.1 Å². The van der Waals surface area contributed by atoms with Crippen molar-refractivity contribution in [3.05, 3.63) is 60.2 Å². The van der Waals surface area contributed by atoms with Crippen LogP contribution in [0.25, 0.3) is 10.9 Å². The molecule has 2 heterocycles. The van der Waals surface area contributed by atoms with Crippen molar-refractivity contribution < 1.29 is 4.74 Å². The Morgan fingerprint density at radius 1 is 1.14 bits per heavy atom. The van der Waals surface area contributed by atoms with Crippen LogP contribution in [0, 0.1) is 0 Å². The molecule has 0 saturated heterocycles. The maximum Gasteiger partial charge on any atom is 0.216 e. The van der Waals surface area contributed by atoms with Gasteiger partial charge in [-0.1, -0.05) is 18.2 Å². The molecule has 1 unspecified atom stereocenters. The van der Waals surface area contributed by atoms with Crippen molar-refractivity contribution in [3.63, 3.8) is 0 Å². The molecule has 0 amide bonds. The van der Waals surface area contributed by atoms with E-state index in [1.54, 1.807) is 13.2 Å². The molecule has 0 saturated carbocycles. The molecule has 0 radical (unpaired) electrons. The maximum atomic E-state index is 6.28. The van der Waals surface area contributed by atoms with Gasteiger partial charge >= 0.3 is 0 Å². The van der Waals surface area contributed by atoms with Crippen LogP contribution in [-0.2, 0) is 6.42 Å². The van der Waals surface area contributed by atoms with E-state index in [4.69, 9.17) is 10.5 Å². The van der Waals surface area contributed by atoms with Gasteiger partial charge < -0.3 is 10.5 Å². The van der Waals surface area contributed by atoms with Gasteiger partial charge in [0.25, 0.3) is 0 Å². The van der Waals surface area contributed by atoms with Gasteiger partial charge in [0.1, 0.15) is 6.33 Å². The highest BCUT2D eigenvalue weighted by atomic mass is 16.5. The van der Waals surface area contributed by atoms with Gasteiger partial charge in [-0.3, -0.25) is 4.98 Å². The predicted octanol–water partition coefficient (Wildman–Crippen LogP) is 2.28. The lowest BCUT2D eigenvalue weighted by atomic mass is 10.0. The van der Waals surface area contributed by atoms with E-state index >= 15 is 0 Å². The van der Waals surface area contributed by atoms with E-state index in [0.717, 1.165) is 22.2 Å². The third-order valence-corrected chi connectivity index (χ3v) is 3.43. The van der Waals surface area contributed by atoms with Gasteiger partial charge in [0.15, 0.2) is 0 Å². The summed E-state index contributed by atoms with van der Waals surface area (Å²) in [7, 11) is 1.58. The zero-order chi connectivity index (χ0) is 14.7. The second kappa shape index (κ2) is 5.85. The van der Waals surface area contributed by atoms with Crippen LogP contribution in [0.3, 0.4) is 0 Å². The minimum Gasteiger partial charge on any atom is -0.481 e. The zero-order valence-electron chi connectivity index (χ0n) is 11.7. The summed E-state index contributed by atoms with van der Waals surface area (Å²) in [4.78, 5) is 12.6. The lowest BCUT2D eigenvalue weighted by Gasteiger charge is -2.13. The minimum absolute atomic E-state index is 0.215. The van der Waals surface area contributed by atoms with Crippen molar-refractivity contribution in [1.29, 1.82) is 0 Å². The summed E-state index contributed by atoms with van der Waals surface area (Å²) < 4.78 is 5.11.